The molecule has 0 atom stereocenters. The number of nitrogens with zero attached hydrogens (tertiary/aromatic N) is 2. The summed E-state index contributed by atoms with van der Waals surface area (Å²) < 4.78 is 12.9. The van der Waals surface area contributed by atoms with Crippen molar-refractivity contribution >= 4 is 80.1 Å². The van der Waals surface area contributed by atoms with Crippen LogP contribution < -0.4 is 4.74 Å². The van der Waals surface area contributed by atoms with Gasteiger partial charge in [-0.15, -0.1) is 0 Å². The van der Waals surface area contributed by atoms with Crippen molar-refractivity contribution in [1.82, 2.24) is 9.80 Å². The molecule has 0 N–H and O–H groups in total. The predicted octanol–water partition coefficient (Wildman–Crippen LogP) is 3.19. The summed E-state index contributed by atoms with van der Waals surface area (Å²) >= 11 is 5.23. The lowest BCUT2D eigenvalue weighted by Gasteiger charge is -2.28. The number of hydrogen-bond donors (Lipinski definition) is 0. The lowest BCUT2D eigenvalue weighted by atomic mass is 10.2. The van der Waals surface area contributed by atoms with E-state index < -0.39 is 11.1 Å². The van der Waals surface area contributed by atoms with E-state index in [1.54, 1.807) is 11.0 Å². The van der Waals surface area contributed by atoms with E-state index in [0.717, 1.165) is 29.4 Å². The highest BCUT2D eigenvalue weighted by Crippen LogP contribution is 2.36. The van der Waals surface area contributed by atoms with Gasteiger partial charge in [-0.1, -0.05) is 0 Å². The van der Waals surface area contributed by atoms with E-state index in [2.05, 4.69) is 45.2 Å². The number of morpholine rings is 1. The molecule has 0 spiro atoms. The van der Waals surface area contributed by atoms with Gasteiger partial charge >= 0.3 is 0 Å². The molecule has 1 aromatic rings. The van der Waals surface area contributed by atoms with Gasteiger partial charge in [0.2, 0.25) is 5.91 Å². The van der Waals surface area contributed by atoms with Gasteiger partial charge in [-0.2, -0.15) is 0 Å². The topological polar surface area (TPSA) is 76.2 Å². The van der Waals surface area contributed by atoms with Crippen LogP contribution in [0.3, 0.4) is 0 Å². The van der Waals surface area contributed by atoms with Gasteiger partial charge in [-0.3, -0.25) is 19.3 Å². The van der Waals surface area contributed by atoms with Gasteiger partial charge < -0.3 is 14.4 Å². The minimum Gasteiger partial charge on any atom is -0.492 e. The second-order valence-electron chi connectivity index (χ2n) is 6.00. The Morgan fingerprint density at radius 3 is 2.68 bits per heavy atom. The molecular weight excluding hydrogens is 610 g/mol. The number of halogens is 2. The minimum absolute atomic E-state index is 0.245. The summed E-state index contributed by atoms with van der Waals surface area (Å²) in [5.74, 6) is -0.0155. The van der Waals surface area contributed by atoms with Gasteiger partial charge in [0.25, 0.3) is 11.1 Å². The number of carbonyl (C=O) groups excluding carboxylic acids is 3. The quantitative estimate of drug-likeness (QED) is 0.369. The van der Waals surface area contributed by atoms with Crippen LogP contribution in [0, 0.1) is 7.14 Å². The first-order chi connectivity index (χ1) is 13.4. The lowest BCUT2D eigenvalue weighted by molar-refractivity contribution is -0.139. The summed E-state index contributed by atoms with van der Waals surface area (Å²) in [6.07, 6.45) is 1.67. The third kappa shape index (κ3) is 5.00. The van der Waals surface area contributed by atoms with Crippen LogP contribution >= 0.6 is 56.9 Å². The van der Waals surface area contributed by atoms with E-state index in [1.807, 2.05) is 19.1 Å². The summed E-state index contributed by atoms with van der Waals surface area (Å²) in [7, 11) is 0. The van der Waals surface area contributed by atoms with Crippen LogP contribution in [-0.4, -0.2) is 66.3 Å². The molecule has 0 radical (unpaired) electrons. The van der Waals surface area contributed by atoms with E-state index in [0.29, 0.717) is 43.6 Å². The van der Waals surface area contributed by atoms with Crippen LogP contribution in [0.15, 0.2) is 17.0 Å². The van der Waals surface area contributed by atoms with Crippen LogP contribution in [0.5, 0.6) is 5.75 Å². The van der Waals surface area contributed by atoms with Gasteiger partial charge in [0.1, 0.15) is 12.3 Å². The average Bonchev–Trinajstić information content (AvgIpc) is 2.92. The monoisotopic (exact) mass is 628 g/mol. The van der Waals surface area contributed by atoms with Crippen LogP contribution in [0.25, 0.3) is 6.08 Å². The summed E-state index contributed by atoms with van der Waals surface area (Å²) in [6, 6.07) is 3.89. The Morgan fingerprint density at radius 1 is 1.29 bits per heavy atom. The van der Waals surface area contributed by atoms with Crippen molar-refractivity contribution in [3.8, 4) is 5.75 Å². The zero-order valence-corrected chi connectivity index (χ0v) is 20.2. The number of imide groups is 1. The van der Waals surface area contributed by atoms with Crippen molar-refractivity contribution < 1.29 is 23.9 Å². The molecule has 2 heterocycles. The molecule has 0 aromatic heterocycles. The van der Waals surface area contributed by atoms with Crippen LogP contribution in [0.1, 0.15) is 12.5 Å². The lowest BCUT2D eigenvalue weighted by Crippen LogP contribution is -2.46. The van der Waals surface area contributed by atoms with Crippen LogP contribution in [-0.2, 0) is 14.3 Å². The Bertz CT molecular complexity index is 840. The van der Waals surface area contributed by atoms with Gasteiger partial charge in [-0.25, -0.2) is 0 Å². The van der Waals surface area contributed by atoms with Gasteiger partial charge in [-0.05, 0) is 82.1 Å². The Kier molecular flexibility index (Phi) is 7.61. The first kappa shape index (κ1) is 21.8. The second-order valence-corrected chi connectivity index (χ2v) is 9.40. The summed E-state index contributed by atoms with van der Waals surface area (Å²) in [6.45, 7) is 4.03. The van der Waals surface area contributed by atoms with Crippen molar-refractivity contribution in [2.75, 3.05) is 39.5 Å². The highest BCUT2D eigenvalue weighted by Gasteiger charge is 2.37. The van der Waals surface area contributed by atoms with Gasteiger partial charge in [0.15, 0.2) is 0 Å². The molecular formula is C18H18I2N2O5S. The molecule has 1 aromatic carbocycles. The Labute approximate surface area is 194 Å². The number of hydrogen-bond acceptors (Lipinski definition) is 6. The SMILES string of the molecule is CCOc1c(I)cc(I)cc1/C=C1/SC(=O)N(CC(=O)N2CCOCC2)C1=O. The molecule has 10 heteroatoms. The van der Waals surface area contributed by atoms with Crippen molar-refractivity contribution in [3.05, 3.63) is 29.7 Å². The number of carbonyl (C=O) groups is 3. The molecule has 3 rings (SSSR count). The highest BCUT2D eigenvalue weighted by molar-refractivity contribution is 14.1. The zero-order valence-electron chi connectivity index (χ0n) is 15.1. The van der Waals surface area contributed by atoms with Crippen molar-refractivity contribution in [3.63, 3.8) is 0 Å². The molecule has 2 aliphatic heterocycles. The minimum atomic E-state index is -0.451. The first-order valence-electron chi connectivity index (χ1n) is 8.63. The number of ether oxygens (including phenoxy) is 2. The number of amides is 3. The molecule has 0 aliphatic carbocycles. The van der Waals surface area contributed by atoms with Crippen molar-refractivity contribution in [1.29, 1.82) is 0 Å². The standard InChI is InChI=1S/C18H18I2N2O5S/c1-2-27-16-11(7-12(19)9-13(16)20)8-14-17(24)22(18(25)28-14)10-15(23)21-3-5-26-6-4-21/h7-9H,2-6,10H2,1H3/b14-8+. The van der Waals surface area contributed by atoms with E-state index in [9.17, 15) is 14.4 Å². The summed E-state index contributed by atoms with van der Waals surface area (Å²) in [4.78, 5) is 40.4. The van der Waals surface area contributed by atoms with Crippen molar-refractivity contribution in [2.45, 2.75) is 6.92 Å². The third-order valence-electron chi connectivity index (χ3n) is 4.14. The molecule has 2 saturated heterocycles. The Morgan fingerprint density at radius 2 is 2.00 bits per heavy atom. The molecule has 3 amide bonds. The van der Waals surface area contributed by atoms with E-state index >= 15 is 0 Å². The first-order valence-corrected chi connectivity index (χ1v) is 11.6. The number of benzene rings is 1. The largest absolute Gasteiger partial charge is 0.492 e. The second kappa shape index (κ2) is 9.76. The number of rotatable bonds is 5. The third-order valence-corrected chi connectivity index (χ3v) is 6.47. The van der Waals surface area contributed by atoms with E-state index in [4.69, 9.17) is 9.47 Å². The molecule has 0 saturated carbocycles. The number of thioether (sulfide) groups is 1. The molecule has 0 bridgehead atoms. The molecule has 150 valence electrons. The maximum absolute atomic E-state index is 12.8. The zero-order chi connectivity index (χ0) is 20.3. The molecule has 2 aliphatic rings. The Hall–Kier alpha value is -0.860. The maximum atomic E-state index is 12.8. The van der Waals surface area contributed by atoms with Crippen LogP contribution in [0.2, 0.25) is 0 Å². The van der Waals surface area contributed by atoms with E-state index in [-0.39, 0.29) is 12.5 Å². The van der Waals surface area contributed by atoms with Crippen LogP contribution in [0.4, 0.5) is 4.79 Å². The fourth-order valence-electron chi connectivity index (χ4n) is 2.81. The molecule has 7 nitrogen and oxygen atoms in total. The fraction of sp³-hybridized carbons (Fsp3) is 0.389. The average molecular weight is 628 g/mol. The summed E-state index contributed by atoms with van der Waals surface area (Å²) in [5.41, 5.74) is 0.739. The van der Waals surface area contributed by atoms with Crippen molar-refractivity contribution in [2.24, 2.45) is 0 Å². The predicted molar refractivity (Wildman–Crippen MR) is 123 cm³/mol. The van der Waals surface area contributed by atoms with E-state index in [1.165, 1.54) is 0 Å². The highest BCUT2D eigenvalue weighted by atomic mass is 127. The van der Waals surface area contributed by atoms with Gasteiger partial charge in [0, 0.05) is 22.2 Å². The molecule has 0 unspecified atom stereocenters. The fourth-order valence-corrected chi connectivity index (χ4v) is 5.68. The Balaban J connectivity index is 1.80. The molecule has 28 heavy (non-hydrogen) atoms. The normalized spacial score (nSPS) is 18.9. The molecule has 2 fully saturated rings. The maximum Gasteiger partial charge on any atom is 0.294 e. The smallest absolute Gasteiger partial charge is 0.294 e. The summed E-state index contributed by atoms with van der Waals surface area (Å²) in [5, 5.41) is -0.434. The van der Waals surface area contributed by atoms with Gasteiger partial charge in [0.05, 0.1) is 28.3 Å².